The van der Waals surface area contributed by atoms with Crippen LogP contribution in [-0.2, 0) is 4.79 Å². The average Bonchev–Trinajstić information content (AvgIpc) is 2.56. The van der Waals surface area contributed by atoms with Crippen molar-refractivity contribution in [1.29, 1.82) is 0 Å². The summed E-state index contributed by atoms with van der Waals surface area (Å²) >= 11 is 1.58. The second-order valence-electron chi connectivity index (χ2n) is 3.41. The molecule has 76 valence electrons. The Morgan fingerprint density at radius 3 is 3.21 bits per heavy atom. The van der Waals surface area contributed by atoms with Crippen molar-refractivity contribution in [2.45, 2.75) is 25.8 Å². The zero-order valence-corrected chi connectivity index (χ0v) is 8.86. The molecule has 0 bridgehead atoms. The quantitative estimate of drug-likeness (QED) is 0.771. The van der Waals surface area contributed by atoms with Gasteiger partial charge in [0.1, 0.15) is 6.04 Å². The Morgan fingerprint density at radius 1 is 1.71 bits per heavy atom. The summed E-state index contributed by atoms with van der Waals surface area (Å²) in [6.07, 6.45) is 3.74. The molecule has 2 heterocycles. The number of hydrogen-bond acceptors (Lipinski definition) is 4. The van der Waals surface area contributed by atoms with Crippen LogP contribution in [0.25, 0.3) is 0 Å². The van der Waals surface area contributed by atoms with Crippen molar-refractivity contribution in [3.8, 4) is 0 Å². The van der Waals surface area contributed by atoms with E-state index in [0.717, 1.165) is 29.4 Å². The van der Waals surface area contributed by atoms with Crippen LogP contribution >= 0.6 is 11.3 Å². The Bertz CT molecular complexity index is 337. The normalized spacial score (nSPS) is 21.8. The van der Waals surface area contributed by atoms with Crippen molar-refractivity contribution in [3.05, 3.63) is 11.1 Å². The van der Waals surface area contributed by atoms with Gasteiger partial charge in [0.2, 0.25) is 5.91 Å². The Labute approximate surface area is 86.7 Å². The smallest absolute Gasteiger partial charge is 0.242 e. The number of carbonyl (C=O) groups excluding carboxylic acids is 1. The van der Waals surface area contributed by atoms with Crippen molar-refractivity contribution >= 4 is 22.4 Å². The number of aromatic nitrogens is 1. The van der Waals surface area contributed by atoms with E-state index >= 15 is 0 Å². The maximum atomic E-state index is 11.4. The largest absolute Gasteiger partial charge is 0.354 e. The lowest BCUT2D eigenvalue weighted by molar-refractivity contribution is -0.123. The standard InChI is InChI=1S/C9H13N3OS/c1-6-5-11-9(14-6)12-7-3-2-4-10-8(7)13/h5,7H,2-4H2,1H3,(H,10,13)(H,11,12). The van der Waals surface area contributed by atoms with Crippen LogP contribution in [-0.4, -0.2) is 23.5 Å². The molecular formula is C9H13N3OS. The molecule has 0 aromatic carbocycles. The summed E-state index contributed by atoms with van der Waals surface area (Å²) in [5.41, 5.74) is 0. The molecule has 5 heteroatoms. The van der Waals surface area contributed by atoms with E-state index in [9.17, 15) is 4.79 Å². The fraction of sp³-hybridized carbons (Fsp3) is 0.556. The maximum Gasteiger partial charge on any atom is 0.242 e. The van der Waals surface area contributed by atoms with Gasteiger partial charge in [-0.2, -0.15) is 0 Å². The second kappa shape index (κ2) is 3.96. The number of anilines is 1. The van der Waals surface area contributed by atoms with Gasteiger partial charge in [0.15, 0.2) is 5.13 Å². The van der Waals surface area contributed by atoms with Crippen molar-refractivity contribution in [1.82, 2.24) is 10.3 Å². The Morgan fingerprint density at radius 2 is 2.57 bits per heavy atom. The monoisotopic (exact) mass is 211 g/mol. The summed E-state index contributed by atoms with van der Waals surface area (Å²) in [6.45, 7) is 2.80. The molecule has 1 aliphatic heterocycles. The van der Waals surface area contributed by atoms with E-state index in [0.29, 0.717) is 0 Å². The molecule has 1 unspecified atom stereocenters. The van der Waals surface area contributed by atoms with Gasteiger partial charge in [-0.05, 0) is 19.8 Å². The number of nitrogens with one attached hydrogen (secondary N) is 2. The number of aryl methyl sites for hydroxylation is 1. The van der Waals surface area contributed by atoms with Crippen LogP contribution in [0.2, 0.25) is 0 Å². The second-order valence-corrected chi connectivity index (χ2v) is 4.64. The van der Waals surface area contributed by atoms with Gasteiger partial charge in [0.25, 0.3) is 0 Å². The molecule has 0 radical (unpaired) electrons. The van der Waals surface area contributed by atoms with Crippen molar-refractivity contribution in [2.24, 2.45) is 0 Å². The molecule has 1 saturated heterocycles. The minimum atomic E-state index is -0.103. The molecule has 4 nitrogen and oxygen atoms in total. The van der Waals surface area contributed by atoms with Crippen LogP contribution in [0.3, 0.4) is 0 Å². The molecule has 14 heavy (non-hydrogen) atoms. The highest BCUT2D eigenvalue weighted by atomic mass is 32.1. The topological polar surface area (TPSA) is 54.0 Å². The molecule has 1 atom stereocenters. The third kappa shape index (κ3) is 2.04. The highest BCUT2D eigenvalue weighted by molar-refractivity contribution is 7.15. The minimum absolute atomic E-state index is 0.0871. The van der Waals surface area contributed by atoms with Gasteiger partial charge in [0.05, 0.1) is 0 Å². The first-order valence-electron chi connectivity index (χ1n) is 4.72. The number of nitrogens with zero attached hydrogens (tertiary/aromatic N) is 1. The fourth-order valence-electron chi connectivity index (χ4n) is 1.48. The van der Waals surface area contributed by atoms with E-state index in [1.165, 1.54) is 0 Å². The Balaban J connectivity index is 1.99. The summed E-state index contributed by atoms with van der Waals surface area (Å²) < 4.78 is 0. The van der Waals surface area contributed by atoms with Crippen molar-refractivity contribution in [3.63, 3.8) is 0 Å². The summed E-state index contributed by atoms with van der Waals surface area (Å²) in [4.78, 5) is 16.7. The summed E-state index contributed by atoms with van der Waals surface area (Å²) in [5.74, 6) is 0.0871. The van der Waals surface area contributed by atoms with E-state index in [1.54, 1.807) is 11.3 Å². The number of thiazole rings is 1. The molecule has 1 aromatic rings. The van der Waals surface area contributed by atoms with Crippen LogP contribution in [0.4, 0.5) is 5.13 Å². The zero-order valence-electron chi connectivity index (χ0n) is 8.04. The predicted octanol–water partition coefficient (Wildman–Crippen LogP) is 1.14. The van der Waals surface area contributed by atoms with Crippen molar-refractivity contribution in [2.75, 3.05) is 11.9 Å². The molecule has 1 amide bonds. The molecular weight excluding hydrogens is 198 g/mol. The number of piperidine rings is 1. The van der Waals surface area contributed by atoms with Crippen LogP contribution in [0, 0.1) is 6.92 Å². The zero-order chi connectivity index (χ0) is 9.97. The lowest BCUT2D eigenvalue weighted by atomic mass is 10.1. The first-order valence-corrected chi connectivity index (χ1v) is 5.54. The Kier molecular flexibility index (Phi) is 2.67. The lowest BCUT2D eigenvalue weighted by Gasteiger charge is -2.22. The van der Waals surface area contributed by atoms with Gasteiger partial charge in [-0.1, -0.05) is 0 Å². The SMILES string of the molecule is Cc1cnc(NC2CCCNC2=O)s1. The average molecular weight is 211 g/mol. The van der Waals surface area contributed by atoms with E-state index < -0.39 is 0 Å². The molecule has 1 aliphatic rings. The molecule has 2 rings (SSSR count). The lowest BCUT2D eigenvalue weighted by Crippen LogP contribution is -2.44. The van der Waals surface area contributed by atoms with Gasteiger partial charge in [-0.25, -0.2) is 4.98 Å². The van der Waals surface area contributed by atoms with Gasteiger partial charge < -0.3 is 10.6 Å². The Hall–Kier alpha value is -1.10. The highest BCUT2D eigenvalue weighted by Gasteiger charge is 2.22. The maximum absolute atomic E-state index is 11.4. The van der Waals surface area contributed by atoms with Crippen LogP contribution in [0.1, 0.15) is 17.7 Å². The molecule has 1 fully saturated rings. The molecule has 0 saturated carbocycles. The third-order valence-corrected chi connectivity index (χ3v) is 3.05. The molecule has 0 spiro atoms. The number of carbonyl (C=O) groups is 1. The number of amides is 1. The summed E-state index contributed by atoms with van der Waals surface area (Å²) in [7, 11) is 0. The van der Waals surface area contributed by atoms with Crippen LogP contribution in [0.15, 0.2) is 6.20 Å². The first kappa shape index (κ1) is 9.45. The highest BCUT2D eigenvalue weighted by Crippen LogP contribution is 2.19. The third-order valence-electron chi connectivity index (χ3n) is 2.20. The molecule has 2 N–H and O–H groups in total. The first-order chi connectivity index (χ1) is 6.75. The summed E-state index contributed by atoms with van der Waals surface area (Å²) in [5, 5.41) is 6.82. The predicted molar refractivity (Wildman–Crippen MR) is 56.5 cm³/mol. The van der Waals surface area contributed by atoms with Crippen LogP contribution in [0.5, 0.6) is 0 Å². The van der Waals surface area contributed by atoms with Gasteiger partial charge >= 0.3 is 0 Å². The minimum Gasteiger partial charge on any atom is -0.354 e. The van der Waals surface area contributed by atoms with Gasteiger partial charge in [-0.15, -0.1) is 11.3 Å². The van der Waals surface area contributed by atoms with E-state index in [-0.39, 0.29) is 11.9 Å². The number of hydrogen-bond donors (Lipinski definition) is 2. The van der Waals surface area contributed by atoms with Crippen molar-refractivity contribution < 1.29 is 4.79 Å². The molecule has 0 aliphatic carbocycles. The van der Waals surface area contributed by atoms with Crippen LogP contribution < -0.4 is 10.6 Å². The van der Waals surface area contributed by atoms with Gasteiger partial charge in [0, 0.05) is 17.6 Å². The fourth-order valence-corrected chi connectivity index (χ4v) is 2.20. The van der Waals surface area contributed by atoms with E-state index in [2.05, 4.69) is 15.6 Å². The molecule has 1 aromatic heterocycles. The van der Waals surface area contributed by atoms with E-state index in [1.807, 2.05) is 13.1 Å². The van der Waals surface area contributed by atoms with Gasteiger partial charge in [-0.3, -0.25) is 4.79 Å². The summed E-state index contributed by atoms with van der Waals surface area (Å²) in [6, 6.07) is -0.103. The number of rotatable bonds is 2. The van der Waals surface area contributed by atoms with E-state index in [4.69, 9.17) is 0 Å².